The molecule has 0 aliphatic carbocycles. The molecule has 0 spiro atoms. The van der Waals surface area contributed by atoms with Crippen LogP contribution in [0.25, 0.3) is 0 Å². The molecule has 17 heavy (non-hydrogen) atoms. The van der Waals surface area contributed by atoms with E-state index in [9.17, 15) is 0 Å². The lowest BCUT2D eigenvalue weighted by Gasteiger charge is -2.15. The van der Waals surface area contributed by atoms with Gasteiger partial charge in [0.15, 0.2) is 0 Å². The van der Waals surface area contributed by atoms with Crippen LogP contribution in [0, 0.1) is 0 Å². The quantitative estimate of drug-likeness (QED) is 0.893. The number of hydrogen-bond donors (Lipinski definition) is 1. The van der Waals surface area contributed by atoms with Gasteiger partial charge in [-0.15, -0.1) is 11.3 Å². The smallest absolute Gasteiger partial charge is 0.0795 e. The summed E-state index contributed by atoms with van der Waals surface area (Å²) in [5, 5.41) is 6.34. The van der Waals surface area contributed by atoms with Crippen molar-refractivity contribution in [1.82, 2.24) is 10.3 Å². The summed E-state index contributed by atoms with van der Waals surface area (Å²) >= 11 is 7.52. The van der Waals surface area contributed by atoms with Gasteiger partial charge < -0.3 is 5.32 Å². The molecule has 0 radical (unpaired) electrons. The first kappa shape index (κ1) is 12.6. The van der Waals surface area contributed by atoms with E-state index in [0.29, 0.717) is 0 Å². The summed E-state index contributed by atoms with van der Waals surface area (Å²) in [6.07, 6.45) is 0.939. The van der Waals surface area contributed by atoms with E-state index in [-0.39, 0.29) is 6.04 Å². The largest absolute Gasteiger partial charge is 0.309 e. The van der Waals surface area contributed by atoms with E-state index in [1.54, 1.807) is 11.3 Å². The Labute approximate surface area is 111 Å². The second-order valence-electron chi connectivity index (χ2n) is 3.85. The van der Waals surface area contributed by atoms with Crippen LogP contribution >= 0.6 is 22.9 Å². The van der Waals surface area contributed by atoms with E-state index in [2.05, 4.69) is 34.7 Å². The van der Waals surface area contributed by atoms with E-state index in [1.165, 1.54) is 5.56 Å². The Morgan fingerprint density at radius 2 is 2.12 bits per heavy atom. The summed E-state index contributed by atoms with van der Waals surface area (Å²) < 4.78 is 0. The summed E-state index contributed by atoms with van der Waals surface area (Å²) in [4.78, 5) is 4.38. The number of hydrogen-bond acceptors (Lipinski definition) is 3. The van der Waals surface area contributed by atoms with Gasteiger partial charge in [-0.25, -0.2) is 4.98 Å². The molecule has 90 valence electrons. The third-order valence-electron chi connectivity index (χ3n) is 2.61. The van der Waals surface area contributed by atoms with Crippen molar-refractivity contribution in [3.8, 4) is 0 Å². The van der Waals surface area contributed by atoms with Gasteiger partial charge in [-0.2, -0.15) is 0 Å². The molecule has 0 amide bonds. The first-order valence-corrected chi connectivity index (χ1v) is 6.97. The maximum atomic E-state index is 5.88. The van der Waals surface area contributed by atoms with Gasteiger partial charge in [-0.3, -0.25) is 0 Å². The molecular weight excluding hydrogens is 252 g/mol. The van der Waals surface area contributed by atoms with E-state index < -0.39 is 0 Å². The van der Waals surface area contributed by atoms with Crippen molar-refractivity contribution in [2.24, 2.45) is 0 Å². The molecule has 1 aromatic carbocycles. The summed E-state index contributed by atoms with van der Waals surface area (Å²) in [6.45, 7) is 3.05. The van der Waals surface area contributed by atoms with Crippen LogP contribution in [0.4, 0.5) is 0 Å². The normalized spacial score (nSPS) is 12.6. The number of nitrogens with zero attached hydrogens (tertiary/aromatic N) is 1. The van der Waals surface area contributed by atoms with Crippen molar-refractivity contribution in [1.29, 1.82) is 0 Å². The van der Waals surface area contributed by atoms with Gasteiger partial charge in [0.25, 0.3) is 0 Å². The molecule has 1 N–H and O–H groups in total. The Hall–Kier alpha value is -0.900. The van der Waals surface area contributed by atoms with Gasteiger partial charge in [0.2, 0.25) is 0 Å². The number of benzene rings is 1. The summed E-state index contributed by atoms with van der Waals surface area (Å²) in [5.74, 6) is 0. The lowest BCUT2D eigenvalue weighted by Crippen LogP contribution is -2.23. The number of aromatic nitrogens is 1. The molecule has 2 nitrogen and oxygen atoms in total. The molecule has 1 unspecified atom stereocenters. The molecule has 1 atom stereocenters. The van der Waals surface area contributed by atoms with Crippen molar-refractivity contribution < 1.29 is 0 Å². The van der Waals surface area contributed by atoms with Crippen LogP contribution in [0.5, 0.6) is 0 Å². The first-order chi connectivity index (χ1) is 8.29. The second kappa shape index (κ2) is 6.15. The lowest BCUT2D eigenvalue weighted by molar-refractivity contribution is 0.539. The number of rotatable bonds is 5. The molecule has 0 aliphatic heterocycles. The minimum atomic E-state index is 0.285. The van der Waals surface area contributed by atoms with Gasteiger partial charge in [0.1, 0.15) is 0 Å². The molecule has 2 aromatic rings. The zero-order chi connectivity index (χ0) is 12.1. The maximum Gasteiger partial charge on any atom is 0.0795 e. The van der Waals surface area contributed by atoms with E-state index in [0.717, 1.165) is 23.7 Å². The third-order valence-corrected chi connectivity index (χ3v) is 3.47. The fourth-order valence-electron chi connectivity index (χ4n) is 1.78. The Bertz CT molecular complexity index is 439. The number of nitrogens with one attached hydrogen (secondary N) is 1. The Morgan fingerprint density at radius 1 is 1.35 bits per heavy atom. The minimum absolute atomic E-state index is 0.285. The molecule has 0 bridgehead atoms. The SMILES string of the molecule is CCNC(Cc1ccc(Cl)cc1)c1cscn1. The van der Waals surface area contributed by atoms with Crippen LogP contribution in [0.1, 0.15) is 24.2 Å². The van der Waals surface area contributed by atoms with E-state index in [1.807, 2.05) is 17.6 Å². The van der Waals surface area contributed by atoms with Crippen LogP contribution < -0.4 is 5.32 Å². The lowest BCUT2D eigenvalue weighted by atomic mass is 10.0. The van der Waals surface area contributed by atoms with Crippen LogP contribution in [0.3, 0.4) is 0 Å². The predicted molar refractivity (Wildman–Crippen MR) is 73.7 cm³/mol. The van der Waals surface area contributed by atoms with Gasteiger partial charge in [0, 0.05) is 10.4 Å². The highest BCUT2D eigenvalue weighted by molar-refractivity contribution is 7.07. The molecule has 4 heteroatoms. The molecule has 0 saturated heterocycles. The summed E-state index contributed by atoms with van der Waals surface area (Å²) in [5.41, 5.74) is 4.27. The van der Waals surface area contributed by atoms with Crippen molar-refractivity contribution >= 4 is 22.9 Å². The van der Waals surface area contributed by atoms with E-state index >= 15 is 0 Å². The van der Waals surface area contributed by atoms with Crippen LogP contribution in [-0.4, -0.2) is 11.5 Å². The Balaban J connectivity index is 2.10. The molecule has 1 aromatic heterocycles. The van der Waals surface area contributed by atoms with Crippen LogP contribution in [0.15, 0.2) is 35.2 Å². The highest BCUT2D eigenvalue weighted by Crippen LogP contribution is 2.19. The van der Waals surface area contributed by atoms with Gasteiger partial charge in [0.05, 0.1) is 17.2 Å². The van der Waals surface area contributed by atoms with Crippen LogP contribution in [0.2, 0.25) is 5.02 Å². The Kier molecular flexibility index (Phi) is 4.54. The summed E-state index contributed by atoms with van der Waals surface area (Å²) in [7, 11) is 0. The molecule has 2 rings (SSSR count). The number of halogens is 1. The topological polar surface area (TPSA) is 24.9 Å². The van der Waals surface area contributed by atoms with E-state index in [4.69, 9.17) is 11.6 Å². The minimum Gasteiger partial charge on any atom is -0.309 e. The highest BCUT2D eigenvalue weighted by Gasteiger charge is 2.12. The third kappa shape index (κ3) is 3.53. The number of thiazole rings is 1. The second-order valence-corrected chi connectivity index (χ2v) is 5.01. The average molecular weight is 267 g/mol. The molecule has 1 heterocycles. The highest BCUT2D eigenvalue weighted by atomic mass is 35.5. The average Bonchev–Trinajstić information content (AvgIpc) is 2.85. The van der Waals surface area contributed by atoms with Crippen molar-refractivity contribution in [3.63, 3.8) is 0 Å². The zero-order valence-electron chi connectivity index (χ0n) is 9.69. The van der Waals surface area contributed by atoms with Gasteiger partial charge in [-0.05, 0) is 30.7 Å². The summed E-state index contributed by atoms with van der Waals surface area (Å²) in [6, 6.07) is 8.28. The number of likely N-dealkylation sites (N-methyl/N-ethyl adjacent to an activating group) is 1. The predicted octanol–water partition coefficient (Wildman–Crippen LogP) is 3.69. The monoisotopic (exact) mass is 266 g/mol. The van der Waals surface area contributed by atoms with Gasteiger partial charge >= 0.3 is 0 Å². The Morgan fingerprint density at radius 3 is 2.71 bits per heavy atom. The van der Waals surface area contributed by atoms with Crippen molar-refractivity contribution in [3.05, 3.63) is 51.4 Å². The van der Waals surface area contributed by atoms with Crippen molar-refractivity contribution in [2.45, 2.75) is 19.4 Å². The zero-order valence-corrected chi connectivity index (χ0v) is 11.3. The van der Waals surface area contributed by atoms with Crippen molar-refractivity contribution in [2.75, 3.05) is 6.54 Å². The van der Waals surface area contributed by atoms with Gasteiger partial charge in [-0.1, -0.05) is 30.7 Å². The first-order valence-electron chi connectivity index (χ1n) is 5.65. The maximum absolute atomic E-state index is 5.88. The fraction of sp³-hybridized carbons (Fsp3) is 0.308. The molecular formula is C13H15ClN2S. The fourth-order valence-corrected chi connectivity index (χ4v) is 2.51. The molecule has 0 fully saturated rings. The van der Waals surface area contributed by atoms with Crippen LogP contribution in [-0.2, 0) is 6.42 Å². The molecule has 0 aliphatic rings. The standard InChI is InChI=1S/C13H15ClN2S/c1-2-15-12(13-8-17-9-16-13)7-10-3-5-11(14)6-4-10/h3-6,8-9,12,15H,2,7H2,1H3. The molecule has 0 saturated carbocycles.